The molecule has 28 heavy (non-hydrogen) atoms. The Bertz CT molecular complexity index is 842. The minimum atomic E-state index is -1.85. The van der Waals surface area contributed by atoms with Crippen LogP contribution in [0, 0.1) is 5.92 Å². The van der Waals surface area contributed by atoms with Gasteiger partial charge in [0.25, 0.3) is 0 Å². The average Bonchev–Trinajstić information content (AvgIpc) is 3.20. The van der Waals surface area contributed by atoms with E-state index in [1.807, 2.05) is 4.57 Å². The number of hydrogen-bond donors (Lipinski definition) is 1. The molecule has 0 aliphatic heterocycles. The summed E-state index contributed by atoms with van der Waals surface area (Å²) >= 11 is 6.16. The zero-order chi connectivity index (χ0) is 20.6. The fraction of sp³-hybridized carbons (Fsp3) is 0.650. The minimum absolute atomic E-state index is 0.169. The first-order valence-corrected chi connectivity index (χ1v) is 12.7. The second-order valence-corrected chi connectivity index (χ2v) is 14.6. The Kier molecular flexibility index (Phi) is 6.17. The summed E-state index contributed by atoms with van der Waals surface area (Å²) in [7, 11) is -1.85. The fourth-order valence-electron chi connectivity index (χ4n) is 4.97. The normalized spacial score (nSPS) is 20.4. The molecule has 1 aliphatic rings. The predicted molar refractivity (Wildman–Crippen MR) is 118 cm³/mol. The van der Waals surface area contributed by atoms with Gasteiger partial charge in [-0.3, -0.25) is 0 Å². The summed E-state index contributed by atoms with van der Waals surface area (Å²) in [5.41, 5.74) is 8.83. The van der Waals surface area contributed by atoms with Crippen LogP contribution in [0.2, 0.25) is 21.8 Å². The highest BCUT2D eigenvalue weighted by molar-refractivity contribution is 6.77. The summed E-state index contributed by atoms with van der Waals surface area (Å²) in [4.78, 5) is 12.7. The van der Waals surface area contributed by atoms with Crippen molar-refractivity contribution in [2.45, 2.75) is 70.6 Å². The Morgan fingerprint density at radius 1 is 1.14 bits per heavy atom. The molecule has 0 unspecified atom stereocenters. The van der Waals surface area contributed by atoms with Gasteiger partial charge in [-0.25, -0.2) is 4.98 Å². The molecule has 6 nitrogen and oxygen atoms in total. The molecule has 0 radical (unpaired) electrons. The van der Waals surface area contributed by atoms with Crippen molar-refractivity contribution < 1.29 is 4.43 Å². The van der Waals surface area contributed by atoms with E-state index >= 15 is 0 Å². The molecular weight excluding hydrogens is 390 g/mol. The van der Waals surface area contributed by atoms with Gasteiger partial charge in [0, 0.05) is 12.5 Å². The van der Waals surface area contributed by atoms with Crippen molar-refractivity contribution in [1.29, 1.82) is 0 Å². The van der Waals surface area contributed by atoms with Crippen LogP contribution in [0.15, 0.2) is 18.5 Å². The van der Waals surface area contributed by atoms with Gasteiger partial charge in [0.2, 0.25) is 5.95 Å². The van der Waals surface area contributed by atoms with E-state index in [0.717, 1.165) is 13.0 Å². The topological polar surface area (TPSA) is 78.8 Å². The zero-order valence-corrected chi connectivity index (χ0v) is 19.4. The van der Waals surface area contributed by atoms with Gasteiger partial charge in [0.1, 0.15) is 5.52 Å². The molecule has 0 fully saturated rings. The summed E-state index contributed by atoms with van der Waals surface area (Å²) in [6.07, 6.45) is 7.22. The van der Waals surface area contributed by atoms with Crippen molar-refractivity contribution >= 4 is 37.0 Å². The zero-order valence-electron chi connectivity index (χ0n) is 17.7. The molecule has 3 rings (SSSR count). The number of hydrogen-bond acceptors (Lipinski definition) is 5. The van der Waals surface area contributed by atoms with Crippen LogP contribution in [0.4, 0.5) is 5.95 Å². The standard InChI is InChI=1S/C20H32ClN5OSi/c1-12(2)28(13(3)4,14(5)6)27-10-15-7-8-16(9-15)26-11-23-17-18(21)24-20(22)25-19(17)26/h7-8,11-16H,9-10H2,1-6H3,(H2,22,24,25)/t15-,16+/m1/s1. The van der Waals surface area contributed by atoms with Crippen molar-refractivity contribution in [3.8, 4) is 0 Å². The number of nitrogens with zero attached hydrogens (tertiary/aromatic N) is 4. The first-order valence-electron chi connectivity index (χ1n) is 10.1. The van der Waals surface area contributed by atoms with Gasteiger partial charge >= 0.3 is 0 Å². The molecule has 0 bridgehead atoms. The average molecular weight is 422 g/mol. The van der Waals surface area contributed by atoms with Crippen LogP contribution >= 0.6 is 11.6 Å². The summed E-state index contributed by atoms with van der Waals surface area (Å²) < 4.78 is 8.82. The highest BCUT2D eigenvalue weighted by atomic mass is 35.5. The van der Waals surface area contributed by atoms with Crippen LogP contribution in [0.25, 0.3) is 11.2 Å². The van der Waals surface area contributed by atoms with Crippen LogP contribution in [-0.2, 0) is 4.43 Å². The second-order valence-electron chi connectivity index (χ2n) is 8.77. The van der Waals surface area contributed by atoms with E-state index in [-0.39, 0.29) is 12.0 Å². The number of halogens is 1. The first kappa shape index (κ1) is 21.3. The Morgan fingerprint density at radius 3 is 2.39 bits per heavy atom. The lowest BCUT2D eigenvalue weighted by molar-refractivity contribution is 0.236. The Labute approximate surface area is 173 Å². The molecule has 0 saturated heterocycles. The highest BCUT2D eigenvalue weighted by Crippen LogP contribution is 2.43. The summed E-state index contributed by atoms with van der Waals surface area (Å²) in [6.45, 7) is 14.7. The lowest BCUT2D eigenvalue weighted by Crippen LogP contribution is -2.48. The van der Waals surface area contributed by atoms with Gasteiger partial charge in [0.05, 0.1) is 12.4 Å². The third-order valence-electron chi connectivity index (χ3n) is 6.16. The minimum Gasteiger partial charge on any atom is -0.415 e. The molecule has 2 heterocycles. The molecule has 1 aliphatic carbocycles. The van der Waals surface area contributed by atoms with Crippen molar-refractivity contribution in [2.75, 3.05) is 12.3 Å². The molecule has 2 aromatic heterocycles. The quantitative estimate of drug-likeness (QED) is 0.369. The van der Waals surface area contributed by atoms with Crippen molar-refractivity contribution in [3.63, 3.8) is 0 Å². The van der Waals surface area contributed by atoms with Crippen LogP contribution in [0.3, 0.4) is 0 Å². The van der Waals surface area contributed by atoms with Crippen LogP contribution in [-0.4, -0.2) is 34.4 Å². The number of rotatable bonds is 7. The lowest BCUT2D eigenvalue weighted by Gasteiger charge is -2.42. The van der Waals surface area contributed by atoms with E-state index < -0.39 is 8.32 Å². The number of nitrogens with two attached hydrogens (primary N) is 1. The van der Waals surface area contributed by atoms with Crippen molar-refractivity contribution in [2.24, 2.45) is 5.92 Å². The van der Waals surface area contributed by atoms with Gasteiger partial charge in [-0.15, -0.1) is 0 Å². The molecule has 0 saturated carbocycles. The molecule has 2 atom stereocenters. The monoisotopic (exact) mass is 421 g/mol. The van der Waals surface area contributed by atoms with Crippen molar-refractivity contribution in [3.05, 3.63) is 23.6 Å². The maximum Gasteiger partial charge on any atom is 0.223 e. The largest absolute Gasteiger partial charge is 0.415 e. The fourth-order valence-corrected chi connectivity index (χ4v) is 10.7. The SMILES string of the molecule is CC(C)[Si](OC[C@@H]1C=C[C@H](n2cnc3c(Cl)nc(N)nc32)C1)(C(C)C)C(C)C. The molecular formula is C20H32ClN5OSi. The van der Waals surface area contributed by atoms with Crippen LogP contribution < -0.4 is 5.73 Å². The number of fused-ring (bicyclic) bond motifs is 1. The van der Waals surface area contributed by atoms with Gasteiger partial charge in [0.15, 0.2) is 19.1 Å². The van der Waals surface area contributed by atoms with Crippen LogP contribution in [0.5, 0.6) is 0 Å². The molecule has 0 aromatic carbocycles. The summed E-state index contributed by atoms with van der Waals surface area (Å²) in [5, 5.41) is 0.296. The third-order valence-corrected chi connectivity index (χ3v) is 12.5. The molecule has 8 heteroatoms. The number of nitrogen functional groups attached to an aromatic ring is 1. The molecule has 2 N–H and O–H groups in total. The Morgan fingerprint density at radius 2 is 1.79 bits per heavy atom. The van der Waals surface area contributed by atoms with Gasteiger partial charge in [-0.1, -0.05) is 65.3 Å². The van der Waals surface area contributed by atoms with Gasteiger partial charge in [-0.2, -0.15) is 9.97 Å². The van der Waals surface area contributed by atoms with E-state index in [1.54, 1.807) is 6.33 Å². The number of aromatic nitrogens is 4. The Hall–Kier alpha value is -1.44. The lowest BCUT2D eigenvalue weighted by atomic mass is 10.1. The van der Waals surface area contributed by atoms with E-state index in [4.69, 9.17) is 21.8 Å². The summed E-state index contributed by atoms with van der Waals surface area (Å²) in [5.74, 6) is 0.558. The molecule has 2 aromatic rings. The smallest absolute Gasteiger partial charge is 0.223 e. The highest BCUT2D eigenvalue weighted by Gasteiger charge is 2.45. The number of imidazole rings is 1. The molecule has 0 amide bonds. The predicted octanol–water partition coefficient (Wildman–Crippen LogP) is 5.37. The van der Waals surface area contributed by atoms with Crippen molar-refractivity contribution in [1.82, 2.24) is 19.5 Å². The van der Waals surface area contributed by atoms with E-state index in [2.05, 4.69) is 68.6 Å². The van der Waals surface area contributed by atoms with E-state index in [1.165, 1.54) is 0 Å². The Balaban J connectivity index is 1.74. The van der Waals surface area contributed by atoms with E-state index in [0.29, 0.717) is 38.9 Å². The number of anilines is 1. The molecule has 154 valence electrons. The van der Waals surface area contributed by atoms with Crippen LogP contribution in [0.1, 0.15) is 54.0 Å². The van der Waals surface area contributed by atoms with Gasteiger partial charge < -0.3 is 14.7 Å². The second kappa shape index (κ2) is 8.12. The maximum atomic E-state index is 6.79. The third kappa shape index (κ3) is 3.72. The summed E-state index contributed by atoms with van der Waals surface area (Å²) in [6, 6.07) is 0.178. The number of allylic oxidation sites excluding steroid dienone is 1. The first-order chi connectivity index (χ1) is 13.2. The van der Waals surface area contributed by atoms with E-state index in [9.17, 15) is 0 Å². The maximum absolute atomic E-state index is 6.79. The van der Waals surface area contributed by atoms with Gasteiger partial charge in [-0.05, 0) is 23.0 Å². The molecule has 0 spiro atoms.